The monoisotopic (exact) mass is 318 g/mol. The number of hydrogen-bond acceptors (Lipinski definition) is 2. The number of rotatable bonds is 8. The maximum Gasteiger partial charge on any atom is 0.246 e. The highest BCUT2D eigenvalue weighted by atomic mass is 16.1. The van der Waals surface area contributed by atoms with Crippen LogP contribution in [-0.2, 0) is 11.2 Å². The summed E-state index contributed by atoms with van der Waals surface area (Å²) in [5.41, 5.74) is 2.04. The molecule has 0 saturated carbocycles. The van der Waals surface area contributed by atoms with Gasteiger partial charge in [-0.15, -0.1) is 0 Å². The molecule has 0 atom stereocenters. The Hall–Kier alpha value is -2.04. The minimum atomic E-state index is -0.0995. The van der Waals surface area contributed by atoms with Crippen molar-refractivity contribution < 1.29 is 4.79 Å². The molecule has 0 aliphatic heterocycles. The number of guanidine groups is 1. The Balaban J connectivity index is 2.61. The molecule has 2 N–H and O–H groups in total. The van der Waals surface area contributed by atoms with Gasteiger partial charge in [0.25, 0.3) is 0 Å². The fourth-order valence-corrected chi connectivity index (χ4v) is 2.19. The molecular formula is C18H30N4O. The molecular weight excluding hydrogens is 288 g/mol. The number of nitrogens with zero attached hydrogens (tertiary/aromatic N) is 2. The van der Waals surface area contributed by atoms with Gasteiger partial charge in [0.1, 0.15) is 6.54 Å². The van der Waals surface area contributed by atoms with Gasteiger partial charge in [0.15, 0.2) is 5.96 Å². The lowest BCUT2D eigenvalue weighted by Gasteiger charge is -2.21. The molecule has 0 radical (unpaired) electrons. The van der Waals surface area contributed by atoms with Crippen LogP contribution in [0.25, 0.3) is 0 Å². The van der Waals surface area contributed by atoms with Crippen molar-refractivity contribution >= 4 is 17.6 Å². The van der Waals surface area contributed by atoms with Crippen molar-refractivity contribution in [3.63, 3.8) is 0 Å². The highest BCUT2D eigenvalue weighted by Gasteiger charge is 2.07. The van der Waals surface area contributed by atoms with Crippen molar-refractivity contribution in [1.29, 1.82) is 0 Å². The number of aryl methyl sites for hydroxylation is 1. The molecule has 1 aromatic carbocycles. The fourth-order valence-electron chi connectivity index (χ4n) is 2.19. The number of amides is 1. The van der Waals surface area contributed by atoms with Crippen LogP contribution >= 0.6 is 0 Å². The van der Waals surface area contributed by atoms with Crippen LogP contribution in [0.2, 0.25) is 0 Å². The van der Waals surface area contributed by atoms with E-state index in [0.29, 0.717) is 0 Å². The minimum absolute atomic E-state index is 0.0995. The van der Waals surface area contributed by atoms with E-state index in [1.807, 2.05) is 32.2 Å². The van der Waals surface area contributed by atoms with Crippen LogP contribution in [0.1, 0.15) is 39.2 Å². The number of benzene rings is 1. The summed E-state index contributed by atoms with van der Waals surface area (Å²) in [6.45, 7) is 8.13. The van der Waals surface area contributed by atoms with E-state index < -0.39 is 0 Å². The smallest absolute Gasteiger partial charge is 0.246 e. The van der Waals surface area contributed by atoms with Crippen molar-refractivity contribution in [3.8, 4) is 0 Å². The molecule has 0 heterocycles. The topological polar surface area (TPSA) is 56.7 Å². The van der Waals surface area contributed by atoms with Gasteiger partial charge >= 0.3 is 0 Å². The molecule has 1 rings (SSSR count). The summed E-state index contributed by atoms with van der Waals surface area (Å²) in [5.74, 6) is 0.677. The van der Waals surface area contributed by atoms with Crippen molar-refractivity contribution in [2.45, 2.75) is 40.0 Å². The first-order valence-corrected chi connectivity index (χ1v) is 8.48. The normalized spacial score (nSPS) is 11.2. The van der Waals surface area contributed by atoms with E-state index in [1.54, 1.807) is 0 Å². The molecule has 0 unspecified atom stereocenters. The highest BCUT2D eigenvalue weighted by molar-refractivity contribution is 5.94. The molecule has 5 nitrogen and oxygen atoms in total. The largest absolute Gasteiger partial charge is 0.357 e. The fraction of sp³-hybridized carbons (Fsp3) is 0.556. The van der Waals surface area contributed by atoms with Gasteiger partial charge < -0.3 is 15.5 Å². The van der Waals surface area contributed by atoms with Gasteiger partial charge in [-0.25, -0.2) is 4.99 Å². The molecule has 0 spiro atoms. The Kier molecular flexibility index (Phi) is 8.80. The van der Waals surface area contributed by atoms with E-state index in [1.165, 1.54) is 5.56 Å². The summed E-state index contributed by atoms with van der Waals surface area (Å²) >= 11 is 0. The van der Waals surface area contributed by atoms with E-state index in [-0.39, 0.29) is 12.5 Å². The molecule has 23 heavy (non-hydrogen) atoms. The van der Waals surface area contributed by atoms with Crippen LogP contribution in [0.5, 0.6) is 0 Å². The zero-order chi connectivity index (χ0) is 17.1. The lowest BCUT2D eigenvalue weighted by Crippen LogP contribution is -2.40. The predicted molar refractivity (Wildman–Crippen MR) is 98.0 cm³/mol. The first-order valence-electron chi connectivity index (χ1n) is 8.48. The average molecular weight is 318 g/mol. The van der Waals surface area contributed by atoms with Gasteiger partial charge in [0, 0.05) is 25.8 Å². The summed E-state index contributed by atoms with van der Waals surface area (Å²) in [7, 11) is 2.00. The third-order valence-electron chi connectivity index (χ3n) is 3.53. The zero-order valence-corrected chi connectivity index (χ0v) is 14.9. The van der Waals surface area contributed by atoms with Crippen LogP contribution < -0.4 is 10.6 Å². The molecule has 128 valence electrons. The molecule has 0 saturated heterocycles. The lowest BCUT2D eigenvalue weighted by molar-refractivity contribution is -0.114. The summed E-state index contributed by atoms with van der Waals surface area (Å²) in [4.78, 5) is 18.6. The Morgan fingerprint density at radius 2 is 2.04 bits per heavy atom. The van der Waals surface area contributed by atoms with Crippen molar-refractivity contribution in [1.82, 2.24) is 10.2 Å². The van der Waals surface area contributed by atoms with Gasteiger partial charge in [-0.3, -0.25) is 4.79 Å². The number of unbranched alkanes of at least 4 members (excludes halogenated alkanes) is 1. The SMILES string of the molecule is CCCCN(C)C(=NCC(=O)Nc1cccc(CC)c1)NCC. The van der Waals surface area contributed by atoms with Gasteiger partial charge in [-0.05, 0) is 37.5 Å². The first kappa shape index (κ1) is 19.0. The number of aliphatic imine (C=N–C) groups is 1. The van der Waals surface area contributed by atoms with E-state index in [0.717, 1.165) is 44.0 Å². The van der Waals surface area contributed by atoms with Crippen molar-refractivity contribution in [2.24, 2.45) is 4.99 Å². The Morgan fingerprint density at radius 1 is 1.26 bits per heavy atom. The number of carbonyl (C=O) groups excluding carboxylic acids is 1. The second kappa shape index (κ2) is 10.6. The Morgan fingerprint density at radius 3 is 2.70 bits per heavy atom. The first-order chi connectivity index (χ1) is 11.1. The van der Waals surface area contributed by atoms with Gasteiger partial charge in [0.05, 0.1) is 0 Å². The number of anilines is 1. The van der Waals surface area contributed by atoms with E-state index >= 15 is 0 Å². The maximum absolute atomic E-state index is 12.1. The molecule has 0 aliphatic rings. The number of carbonyl (C=O) groups is 1. The van der Waals surface area contributed by atoms with E-state index in [4.69, 9.17) is 0 Å². The van der Waals surface area contributed by atoms with Gasteiger partial charge in [-0.2, -0.15) is 0 Å². The molecule has 5 heteroatoms. The minimum Gasteiger partial charge on any atom is -0.357 e. The summed E-state index contributed by atoms with van der Waals surface area (Å²) < 4.78 is 0. The van der Waals surface area contributed by atoms with Crippen molar-refractivity contribution in [3.05, 3.63) is 29.8 Å². The average Bonchev–Trinajstić information content (AvgIpc) is 2.56. The van der Waals surface area contributed by atoms with Gasteiger partial charge in [0.2, 0.25) is 5.91 Å². The van der Waals surface area contributed by atoms with Crippen LogP contribution in [0.3, 0.4) is 0 Å². The second-order valence-electron chi connectivity index (χ2n) is 5.55. The lowest BCUT2D eigenvalue weighted by atomic mass is 10.1. The standard InChI is InChI=1S/C18H30N4O/c1-5-8-12-22(4)18(19-7-3)20-14-17(23)21-16-11-9-10-15(6-2)13-16/h9-11,13H,5-8,12,14H2,1-4H3,(H,19,20)(H,21,23). The van der Waals surface area contributed by atoms with Crippen LogP contribution in [0, 0.1) is 0 Å². The maximum atomic E-state index is 12.1. The zero-order valence-electron chi connectivity index (χ0n) is 14.9. The molecule has 0 aromatic heterocycles. The number of nitrogens with one attached hydrogen (secondary N) is 2. The Labute approximate surface area is 140 Å². The second-order valence-corrected chi connectivity index (χ2v) is 5.55. The summed E-state index contributed by atoms with van der Waals surface area (Å²) in [6, 6.07) is 7.92. The molecule has 0 fully saturated rings. The highest BCUT2D eigenvalue weighted by Crippen LogP contribution is 2.10. The van der Waals surface area contributed by atoms with Crippen molar-refractivity contribution in [2.75, 3.05) is 32.0 Å². The third-order valence-corrected chi connectivity index (χ3v) is 3.53. The molecule has 0 aliphatic carbocycles. The van der Waals surface area contributed by atoms with E-state index in [2.05, 4.69) is 40.4 Å². The van der Waals surface area contributed by atoms with Crippen LogP contribution in [0.15, 0.2) is 29.3 Å². The van der Waals surface area contributed by atoms with Gasteiger partial charge in [-0.1, -0.05) is 32.4 Å². The third kappa shape index (κ3) is 7.17. The summed E-state index contributed by atoms with van der Waals surface area (Å²) in [6.07, 6.45) is 3.20. The van der Waals surface area contributed by atoms with E-state index in [9.17, 15) is 4.79 Å². The molecule has 1 aromatic rings. The quantitative estimate of drug-likeness (QED) is 0.572. The predicted octanol–water partition coefficient (Wildman–Crippen LogP) is 2.88. The van der Waals surface area contributed by atoms with Crippen LogP contribution in [-0.4, -0.2) is 43.4 Å². The molecule has 1 amide bonds. The summed E-state index contributed by atoms with van der Waals surface area (Å²) in [5, 5.41) is 6.13. The Bertz CT molecular complexity index is 513. The number of hydrogen-bond donors (Lipinski definition) is 2. The van der Waals surface area contributed by atoms with Crippen LogP contribution in [0.4, 0.5) is 5.69 Å². The molecule has 0 bridgehead atoms.